The lowest BCUT2D eigenvalue weighted by Crippen LogP contribution is -2.07. The maximum Gasteiger partial charge on any atom is 0.180 e. The van der Waals surface area contributed by atoms with Crippen LogP contribution in [0.4, 0.5) is 5.82 Å². The number of imidazole rings is 1. The van der Waals surface area contributed by atoms with Crippen molar-refractivity contribution in [2.75, 3.05) is 25.6 Å². The molecule has 6 heteroatoms. The zero-order valence-corrected chi connectivity index (χ0v) is 14.0. The number of pyridine rings is 1. The van der Waals surface area contributed by atoms with E-state index in [-0.39, 0.29) is 0 Å². The van der Waals surface area contributed by atoms with Crippen molar-refractivity contribution in [3.05, 3.63) is 55.1 Å². The molecule has 0 aliphatic heterocycles. The van der Waals surface area contributed by atoms with E-state index in [0.717, 1.165) is 53.2 Å². The number of nitrogens with zero attached hydrogens (tertiary/aromatic N) is 4. The first-order valence-electron chi connectivity index (χ1n) is 8.27. The van der Waals surface area contributed by atoms with Crippen LogP contribution in [0.2, 0.25) is 0 Å². The summed E-state index contributed by atoms with van der Waals surface area (Å²) in [4.78, 5) is 13.6. The van der Waals surface area contributed by atoms with Gasteiger partial charge in [0.2, 0.25) is 0 Å². The summed E-state index contributed by atoms with van der Waals surface area (Å²) in [5, 5.41) is 4.45. The van der Waals surface area contributed by atoms with Gasteiger partial charge in [-0.25, -0.2) is 9.97 Å². The molecule has 0 spiro atoms. The summed E-state index contributed by atoms with van der Waals surface area (Å²) in [5.41, 5.74) is 3.84. The Hall–Kier alpha value is -2.99. The molecule has 0 bridgehead atoms. The Kier molecular flexibility index (Phi) is 4.26. The first kappa shape index (κ1) is 15.5. The molecule has 3 aromatic heterocycles. The van der Waals surface area contributed by atoms with Gasteiger partial charge in [-0.15, -0.1) is 0 Å². The molecule has 0 aliphatic carbocycles. The van der Waals surface area contributed by atoms with Crippen molar-refractivity contribution < 1.29 is 4.74 Å². The highest BCUT2D eigenvalue weighted by Crippen LogP contribution is 2.28. The lowest BCUT2D eigenvalue weighted by atomic mass is 10.1. The van der Waals surface area contributed by atoms with Crippen molar-refractivity contribution in [3.63, 3.8) is 0 Å². The molecular weight excluding hydrogens is 314 g/mol. The zero-order valence-electron chi connectivity index (χ0n) is 14.0. The lowest BCUT2D eigenvalue weighted by molar-refractivity contribution is 0.198. The van der Waals surface area contributed by atoms with Gasteiger partial charge in [0.05, 0.1) is 17.4 Å². The molecular formula is C19H19N5O. The molecule has 3 heterocycles. The van der Waals surface area contributed by atoms with Crippen LogP contribution in [-0.4, -0.2) is 39.6 Å². The number of anilines is 1. The Labute approximate surface area is 145 Å². The molecule has 25 heavy (non-hydrogen) atoms. The Bertz CT molecular complexity index is 1010. The van der Waals surface area contributed by atoms with Crippen molar-refractivity contribution in [1.82, 2.24) is 19.4 Å². The third-order valence-corrected chi connectivity index (χ3v) is 4.15. The van der Waals surface area contributed by atoms with E-state index >= 15 is 0 Å². The molecule has 4 rings (SSSR count). The summed E-state index contributed by atoms with van der Waals surface area (Å²) in [6.07, 6.45) is 8.33. The average Bonchev–Trinajstić information content (AvgIpc) is 3.09. The molecule has 0 atom stereocenters. The number of fused-ring (bicyclic) bond motifs is 2. The summed E-state index contributed by atoms with van der Waals surface area (Å²) >= 11 is 0. The Morgan fingerprint density at radius 2 is 2.00 bits per heavy atom. The van der Waals surface area contributed by atoms with Gasteiger partial charge in [0.25, 0.3) is 0 Å². The van der Waals surface area contributed by atoms with Gasteiger partial charge in [0.1, 0.15) is 0 Å². The van der Waals surface area contributed by atoms with Crippen LogP contribution in [0.3, 0.4) is 0 Å². The highest BCUT2D eigenvalue weighted by Gasteiger charge is 2.12. The Balaban J connectivity index is 1.76. The fourth-order valence-corrected chi connectivity index (χ4v) is 2.98. The van der Waals surface area contributed by atoms with E-state index in [1.165, 1.54) is 0 Å². The number of nitrogens with one attached hydrogen (secondary N) is 1. The molecule has 1 aromatic carbocycles. The first-order valence-corrected chi connectivity index (χ1v) is 8.27. The highest BCUT2D eigenvalue weighted by molar-refractivity contribution is 5.93. The number of hydrogen-bond donors (Lipinski definition) is 1. The number of para-hydroxylation sites is 1. The molecule has 6 nitrogen and oxygen atoms in total. The van der Waals surface area contributed by atoms with Gasteiger partial charge in [-0.3, -0.25) is 9.38 Å². The number of rotatable bonds is 6. The topological polar surface area (TPSA) is 64.3 Å². The first-order chi connectivity index (χ1) is 12.4. The van der Waals surface area contributed by atoms with E-state index in [1.54, 1.807) is 13.3 Å². The van der Waals surface area contributed by atoms with Crippen LogP contribution in [0.25, 0.3) is 27.8 Å². The smallest absolute Gasteiger partial charge is 0.180 e. The molecule has 0 amide bonds. The van der Waals surface area contributed by atoms with E-state index in [9.17, 15) is 0 Å². The van der Waals surface area contributed by atoms with E-state index in [1.807, 2.05) is 30.7 Å². The fraction of sp³-hybridized carbons (Fsp3) is 0.211. The van der Waals surface area contributed by atoms with Crippen LogP contribution in [-0.2, 0) is 4.74 Å². The second-order valence-corrected chi connectivity index (χ2v) is 5.77. The average molecular weight is 333 g/mol. The van der Waals surface area contributed by atoms with Crippen LogP contribution in [0.5, 0.6) is 0 Å². The molecule has 0 aliphatic rings. The monoisotopic (exact) mass is 333 g/mol. The minimum Gasteiger partial charge on any atom is -0.385 e. The molecule has 126 valence electrons. The van der Waals surface area contributed by atoms with E-state index in [2.05, 4.69) is 42.9 Å². The summed E-state index contributed by atoms with van der Waals surface area (Å²) in [7, 11) is 1.71. The third-order valence-electron chi connectivity index (χ3n) is 4.15. The van der Waals surface area contributed by atoms with E-state index in [0.29, 0.717) is 0 Å². The van der Waals surface area contributed by atoms with Crippen molar-refractivity contribution in [2.24, 2.45) is 0 Å². The molecule has 4 aromatic rings. The van der Waals surface area contributed by atoms with Crippen molar-refractivity contribution in [3.8, 4) is 11.3 Å². The molecule has 0 radical (unpaired) electrons. The van der Waals surface area contributed by atoms with Crippen LogP contribution < -0.4 is 5.32 Å². The van der Waals surface area contributed by atoms with Gasteiger partial charge in [-0.05, 0) is 12.5 Å². The Morgan fingerprint density at radius 3 is 2.92 bits per heavy atom. The summed E-state index contributed by atoms with van der Waals surface area (Å²) < 4.78 is 7.13. The summed E-state index contributed by atoms with van der Waals surface area (Å²) in [6.45, 7) is 1.51. The standard InChI is InChI=1S/C19H19N5O/c1-25-12-4-9-21-18-19-23-13-16(24(19)11-10-22-18)15-7-2-5-14-6-3-8-20-17(14)15/h2-3,5-8,10-11,13H,4,9,12H2,1H3,(H,21,22). The Morgan fingerprint density at radius 1 is 1.08 bits per heavy atom. The molecule has 0 fully saturated rings. The van der Waals surface area contributed by atoms with Crippen LogP contribution in [0.15, 0.2) is 55.1 Å². The van der Waals surface area contributed by atoms with Crippen LogP contribution in [0, 0.1) is 0 Å². The normalized spacial score (nSPS) is 11.2. The maximum atomic E-state index is 5.08. The van der Waals surface area contributed by atoms with Gasteiger partial charge < -0.3 is 10.1 Å². The van der Waals surface area contributed by atoms with Gasteiger partial charge in [0.15, 0.2) is 11.5 Å². The quantitative estimate of drug-likeness (QED) is 0.548. The van der Waals surface area contributed by atoms with E-state index < -0.39 is 0 Å². The van der Waals surface area contributed by atoms with Crippen LogP contribution >= 0.6 is 0 Å². The maximum absolute atomic E-state index is 5.08. The van der Waals surface area contributed by atoms with Gasteiger partial charge in [-0.2, -0.15) is 0 Å². The second kappa shape index (κ2) is 6.86. The molecule has 1 N–H and O–H groups in total. The molecule has 0 saturated heterocycles. The summed E-state index contributed by atoms with van der Waals surface area (Å²) in [5.74, 6) is 0.776. The largest absolute Gasteiger partial charge is 0.385 e. The van der Waals surface area contributed by atoms with Crippen molar-refractivity contribution in [2.45, 2.75) is 6.42 Å². The minimum absolute atomic E-state index is 0.720. The number of hydrogen-bond acceptors (Lipinski definition) is 5. The van der Waals surface area contributed by atoms with Crippen molar-refractivity contribution in [1.29, 1.82) is 0 Å². The predicted molar refractivity (Wildman–Crippen MR) is 98.7 cm³/mol. The van der Waals surface area contributed by atoms with Gasteiger partial charge in [-0.1, -0.05) is 24.3 Å². The SMILES string of the molecule is COCCCNc1nccn2c(-c3cccc4cccnc34)cnc12. The number of ether oxygens (including phenoxy) is 1. The molecule has 0 unspecified atom stereocenters. The number of benzene rings is 1. The molecule has 0 saturated carbocycles. The lowest BCUT2D eigenvalue weighted by Gasteiger charge is -2.08. The van der Waals surface area contributed by atoms with Crippen molar-refractivity contribution >= 4 is 22.4 Å². The van der Waals surface area contributed by atoms with Gasteiger partial charge >= 0.3 is 0 Å². The van der Waals surface area contributed by atoms with Crippen LogP contribution in [0.1, 0.15) is 6.42 Å². The van der Waals surface area contributed by atoms with Gasteiger partial charge in [0, 0.05) is 49.8 Å². The fourth-order valence-electron chi connectivity index (χ4n) is 2.98. The highest BCUT2D eigenvalue weighted by atomic mass is 16.5. The summed E-state index contributed by atoms with van der Waals surface area (Å²) in [6, 6.07) is 10.2. The predicted octanol–water partition coefficient (Wildman–Crippen LogP) is 3.39. The minimum atomic E-state index is 0.720. The third kappa shape index (κ3) is 2.92. The number of methoxy groups -OCH3 is 1. The second-order valence-electron chi connectivity index (χ2n) is 5.77. The van der Waals surface area contributed by atoms with E-state index in [4.69, 9.17) is 4.74 Å². The zero-order chi connectivity index (χ0) is 17.1. The number of aromatic nitrogens is 4.